The summed E-state index contributed by atoms with van der Waals surface area (Å²) in [5.41, 5.74) is 1.54. The first-order valence-electron chi connectivity index (χ1n) is 5.45. The first kappa shape index (κ1) is 10.6. The summed E-state index contributed by atoms with van der Waals surface area (Å²) in [5, 5.41) is 0. The van der Waals surface area contributed by atoms with Crippen molar-refractivity contribution in [2.45, 2.75) is 53.6 Å². The molecule has 1 unspecified atom stereocenters. The monoisotopic (exact) mass is 181 g/mol. The molecule has 1 heterocycles. The minimum Gasteiger partial charge on any atom is -0.366 e. The summed E-state index contributed by atoms with van der Waals surface area (Å²) < 4.78 is 0. The van der Waals surface area contributed by atoms with E-state index in [0.29, 0.717) is 18.0 Å². The Balaban J connectivity index is 2.73. The second-order valence-electron chi connectivity index (χ2n) is 4.98. The van der Waals surface area contributed by atoms with Gasteiger partial charge in [-0.1, -0.05) is 27.7 Å². The van der Waals surface area contributed by atoms with E-state index in [-0.39, 0.29) is 0 Å². The first-order valence-corrected chi connectivity index (χ1v) is 5.45. The number of hydrogen-bond donors (Lipinski definition) is 0. The van der Waals surface area contributed by atoms with Crippen LogP contribution in [-0.4, -0.2) is 17.0 Å². The molecule has 1 aliphatic rings. The molecule has 0 bridgehead atoms. The van der Waals surface area contributed by atoms with E-state index in [9.17, 15) is 0 Å². The summed E-state index contributed by atoms with van der Waals surface area (Å²) in [6.07, 6.45) is 2.44. The van der Waals surface area contributed by atoms with Crippen LogP contribution in [0.15, 0.2) is 11.8 Å². The van der Waals surface area contributed by atoms with Crippen LogP contribution in [0.2, 0.25) is 0 Å². The molecule has 0 aromatic heterocycles. The highest BCUT2D eigenvalue weighted by Gasteiger charge is 2.33. The van der Waals surface area contributed by atoms with Gasteiger partial charge in [0.1, 0.15) is 0 Å². The Hall–Kier alpha value is -0.460. The molecular weight excluding hydrogens is 158 g/mol. The summed E-state index contributed by atoms with van der Waals surface area (Å²) in [4.78, 5) is 2.56. The Morgan fingerprint density at radius 1 is 1.08 bits per heavy atom. The molecule has 0 N–H and O–H groups in total. The Morgan fingerprint density at radius 2 is 1.62 bits per heavy atom. The van der Waals surface area contributed by atoms with Gasteiger partial charge in [0.05, 0.1) is 6.04 Å². The van der Waals surface area contributed by atoms with Crippen LogP contribution >= 0.6 is 0 Å². The lowest BCUT2D eigenvalue weighted by atomic mass is 9.88. The van der Waals surface area contributed by atoms with Gasteiger partial charge in [-0.15, -0.1) is 0 Å². The van der Waals surface area contributed by atoms with Gasteiger partial charge in [-0.2, -0.15) is 0 Å². The van der Waals surface area contributed by atoms with Crippen LogP contribution in [0, 0.1) is 11.8 Å². The lowest BCUT2D eigenvalue weighted by Gasteiger charge is -2.48. The molecule has 0 radical (unpaired) electrons. The number of rotatable bonds is 3. The van der Waals surface area contributed by atoms with Crippen molar-refractivity contribution in [2.24, 2.45) is 11.8 Å². The van der Waals surface area contributed by atoms with Gasteiger partial charge >= 0.3 is 0 Å². The van der Waals surface area contributed by atoms with Gasteiger partial charge in [-0.25, -0.2) is 0 Å². The Morgan fingerprint density at radius 3 is 1.92 bits per heavy atom. The molecule has 13 heavy (non-hydrogen) atoms. The van der Waals surface area contributed by atoms with E-state index in [2.05, 4.69) is 52.5 Å². The van der Waals surface area contributed by atoms with Crippen LogP contribution < -0.4 is 0 Å². The standard InChI is InChI=1S/C12H23N/c1-8(2)11-7-12(9(3)4)13(11)10(5)6/h7-11H,1-6H3. The second-order valence-corrected chi connectivity index (χ2v) is 4.98. The number of hydrogen-bond acceptors (Lipinski definition) is 1. The third-order valence-corrected chi connectivity index (χ3v) is 2.79. The third-order valence-electron chi connectivity index (χ3n) is 2.79. The lowest BCUT2D eigenvalue weighted by molar-refractivity contribution is 0.138. The average molecular weight is 181 g/mol. The fourth-order valence-electron chi connectivity index (χ4n) is 2.08. The fourth-order valence-corrected chi connectivity index (χ4v) is 2.08. The van der Waals surface area contributed by atoms with Crippen molar-refractivity contribution in [2.75, 3.05) is 0 Å². The van der Waals surface area contributed by atoms with Gasteiger partial charge in [0.25, 0.3) is 0 Å². The van der Waals surface area contributed by atoms with Gasteiger partial charge in [-0.05, 0) is 31.8 Å². The zero-order valence-corrected chi connectivity index (χ0v) is 9.83. The van der Waals surface area contributed by atoms with Crippen LogP contribution in [0.5, 0.6) is 0 Å². The Bertz CT molecular complexity index is 201. The van der Waals surface area contributed by atoms with Gasteiger partial charge in [0, 0.05) is 11.7 Å². The van der Waals surface area contributed by atoms with E-state index < -0.39 is 0 Å². The summed E-state index contributed by atoms with van der Waals surface area (Å²) in [6, 6.07) is 1.33. The predicted molar refractivity (Wildman–Crippen MR) is 58.5 cm³/mol. The van der Waals surface area contributed by atoms with Crippen LogP contribution in [0.4, 0.5) is 0 Å². The van der Waals surface area contributed by atoms with Crippen molar-refractivity contribution in [1.82, 2.24) is 4.90 Å². The van der Waals surface area contributed by atoms with Crippen molar-refractivity contribution in [3.8, 4) is 0 Å². The highest BCUT2D eigenvalue weighted by Crippen LogP contribution is 2.34. The predicted octanol–water partition coefficient (Wildman–Crippen LogP) is 3.27. The minimum absolute atomic E-state index is 0.648. The molecule has 0 fully saturated rings. The molecule has 76 valence electrons. The highest BCUT2D eigenvalue weighted by molar-refractivity contribution is 5.22. The van der Waals surface area contributed by atoms with Gasteiger partial charge in [0.15, 0.2) is 0 Å². The van der Waals surface area contributed by atoms with Gasteiger partial charge in [-0.3, -0.25) is 0 Å². The molecule has 0 aromatic rings. The van der Waals surface area contributed by atoms with E-state index in [1.165, 1.54) is 5.70 Å². The Kier molecular flexibility index (Phi) is 3.05. The molecular formula is C12H23N. The maximum atomic E-state index is 2.56. The van der Waals surface area contributed by atoms with Gasteiger partial charge in [0.2, 0.25) is 0 Å². The van der Waals surface area contributed by atoms with Crippen LogP contribution in [0.3, 0.4) is 0 Å². The largest absolute Gasteiger partial charge is 0.366 e. The molecule has 0 aliphatic carbocycles. The SMILES string of the molecule is CC(C)C1=CC(C(C)C)N1C(C)C. The molecule has 0 saturated heterocycles. The fraction of sp³-hybridized carbons (Fsp3) is 0.833. The quantitative estimate of drug-likeness (QED) is 0.646. The lowest BCUT2D eigenvalue weighted by Crippen LogP contribution is -2.50. The Labute approximate surface area is 82.8 Å². The molecule has 0 saturated carbocycles. The second kappa shape index (κ2) is 3.73. The third kappa shape index (κ3) is 1.90. The van der Waals surface area contributed by atoms with Gasteiger partial charge < -0.3 is 4.90 Å². The highest BCUT2D eigenvalue weighted by atomic mass is 15.2. The maximum Gasteiger partial charge on any atom is 0.0515 e. The van der Waals surface area contributed by atoms with Crippen molar-refractivity contribution in [1.29, 1.82) is 0 Å². The number of nitrogens with zero attached hydrogens (tertiary/aromatic N) is 1. The average Bonchev–Trinajstić information content (AvgIpc) is 1.79. The smallest absolute Gasteiger partial charge is 0.0515 e. The molecule has 1 nitrogen and oxygen atoms in total. The van der Waals surface area contributed by atoms with E-state index in [1.807, 2.05) is 0 Å². The zero-order valence-electron chi connectivity index (χ0n) is 9.83. The molecule has 1 rings (SSSR count). The minimum atomic E-state index is 0.648. The van der Waals surface area contributed by atoms with Crippen molar-refractivity contribution >= 4 is 0 Å². The normalized spacial score (nSPS) is 22.7. The molecule has 1 heteroatoms. The summed E-state index contributed by atoms with van der Waals surface area (Å²) in [7, 11) is 0. The van der Waals surface area contributed by atoms with E-state index in [1.54, 1.807) is 0 Å². The van der Waals surface area contributed by atoms with Crippen molar-refractivity contribution in [3.63, 3.8) is 0 Å². The van der Waals surface area contributed by atoms with Crippen LogP contribution in [0.25, 0.3) is 0 Å². The molecule has 0 amide bonds. The van der Waals surface area contributed by atoms with Crippen molar-refractivity contribution in [3.05, 3.63) is 11.8 Å². The molecule has 1 atom stereocenters. The van der Waals surface area contributed by atoms with E-state index >= 15 is 0 Å². The molecule has 0 spiro atoms. The van der Waals surface area contributed by atoms with Crippen LogP contribution in [0.1, 0.15) is 41.5 Å². The van der Waals surface area contributed by atoms with E-state index in [4.69, 9.17) is 0 Å². The van der Waals surface area contributed by atoms with Crippen LogP contribution in [-0.2, 0) is 0 Å². The maximum absolute atomic E-state index is 2.56. The number of allylic oxidation sites excluding steroid dienone is 1. The molecule has 0 aromatic carbocycles. The topological polar surface area (TPSA) is 3.24 Å². The summed E-state index contributed by atoms with van der Waals surface area (Å²) >= 11 is 0. The zero-order chi connectivity index (χ0) is 10.2. The molecule has 1 aliphatic heterocycles. The summed E-state index contributed by atoms with van der Waals surface area (Å²) in [5.74, 6) is 1.42. The van der Waals surface area contributed by atoms with Crippen molar-refractivity contribution < 1.29 is 0 Å². The summed E-state index contributed by atoms with van der Waals surface area (Å²) in [6.45, 7) is 13.7. The first-order chi connectivity index (χ1) is 5.95. The van der Waals surface area contributed by atoms with E-state index in [0.717, 1.165) is 5.92 Å².